The average molecular weight is 263 g/mol. The predicted molar refractivity (Wildman–Crippen MR) is 77.8 cm³/mol. The van der Waals surface area contributed by atoms with Crippen molar-refractivity contribution in [3.8, 4) is 6.07 Å². The van der Waals surface area contributed by atoms with Crippen LogP contribution < -0.4 is 0 Å². The third-order valence-electron chi connectivity index (χ3n) is 3.96. The number of rotatable bonds is 2. The number of hydrogen-bond acceptors (Lipinski definition) is 3. The maximum Gasteiger partial charge on any atom is 0.140 e. The molecule has 2 heterocycles. The normalized spacial score (nSPS) is 14.1. The van der Waals surface area contributed by atoms with E-state index in [9.17, 15) is 0 Å². The van der Waals surface area contributed by atoms with E-state index in [1.54, 1.807) is 0 Å². The van der Waals surface area contributed by atoms with Crippen molar-refractivity contribution in [2.75, 3.05) is 0 Å². The quantitative estimate of drug-likeness (QED) is 0.836. The van der Waals surface area contributed by atoms with Gasteiger partial charge < -0.3 is 0 Å². The van der Waals surface area contributed by atoms with E-state index in [-0.39, 0.29) is 0 Å². The van der Waals surface area contributed by atoms with Crippen LogP contribution in [0.4, 0.5) is 0 Å². The fourth-order valence-electron chi connectivity index (χ4n) is 2.69. The molecule has 0 fully saturated rings. The standard InChI is InChI=1S/C17H17N3/c1-12-3-4-14(5-13(12)2)9-20-10-15-6-17(7-18)19-8-16(15)11-20/h3-6,8H,9-11H2,1-2H3. The van der Waals surface area contributed by atoms with Crippen LogP contribution in [0.1, 0.15) is 33.5 Å². The number of nitrogens with zero attached hydrogens (tertiary/aromatic N) is 3. The zero-order chi connectivity index (χ0) is 14.1. The monoisotopic (exact) mass is 263 g/mol. The summed E-state index contributed by atoms with van der Waals surface area (Å²) in [4.78, 5) is 6.53. The molecule has 0 unspecified atom stereocenters. The highest BCUT2D eigenvalue weighted by atomic mass is 15.1. The number of aromatic nitrogens is 1. The molecule has 3 rings (SSSR count). The largest absolute Gasteiger partial charge is 0.290 e. The Morgan fingerprint density at radius 2 is 1.95 bits per heavy atom. The summed E-state index contributed by atoms with van der Waals surface area (Å²) in [6.45, 7) is 7.05. The second-order valence-electron chi connectivity index (χ2n) is 5.51. The van der Waals surface area contributed by atoms with E-state index in [2.05, 4.69) is 48.0 Å². The lowest BCUT2D eigenvalue weighted by molar-refractivity contribution is 0.275. The molecular weight excluding hydrogens is 246 g/mol. The van der Waals surface area contributed by atoms with Crippen molar-refractivity contribution >= 4 is 0 Å². The van der Waals surface area contributed by atoms with Gasteiger partial charge in [-0.15, -0.1) is 0 Å². The molecule has 0 radical (unpaired) electrons. The van der Waals surface area contributed by atoms with Crippen LogP contribution in [0.3, 0.4) is 0 Å². The number of hydrogen-bond donors (Lipinski definition) is 0. The van der Waals surface area contributed by atoms with Crippen LogP contribution >= 0.6 is 0 Å². The van der Waals surface area contributed by atoms with Gasteiger partial charge in [-0.25, -0.2) is 4.98 Å². The van der Waals surface area contributed by atoms with Crippen molar-refractivity contribution in [2.24, 2.45) is 0 Å². The minimum Gasteiger partial charge on any atom is -0.290 e. The zero-order valence-corrected chi connectivity index (χ0v) is 11.8. The first kappa shape index (κ1) is 12.8. The fraction of sp³-hybridized carbons (Fsp3) is 0.294. The van der Waals surface area contributed by atoms with E-state index in [1.165, 1.54) is 27.8 Å². The Morgan fingerprint density at radius 3 is 2.70 bits per heavy atom. The van der Waals surface area contributed by atoms with Gasteiger partial charge >= 0.3 is 0 Å². The molecule has 100 valence electrons. The summed E-state index contributed by atoms with van der Waals surface area (Å²) in [5, 5.41) is 8.90. The molecule has 0 saturated heterocycles. The van der Waals surface area contributed by atoms with Crippen molar-refractivity contribution in [3.63, 3.8) is 0 Å². The topological polar surface area (TPSA) is 39.9 Å². The first-order valence-electron chi connectivity index (χ1n) is 6.82. The van der Waals surface area contributed by atoms with Crippen LogP contribution in [0.25, 0.3) is 0 Å². The fourth-order valence-corrected chi connectivity index (χ4v) is 2.69. The molecule has 1 aromatic carbocycles. The van der Waals surface area contributed by atoms with Crippen LogP contribution in [0.5, 0.6) is 0 Å². The van der Waals surface area contributed by atoms with Crippen LogP contribution in [0, 0.1) is 25.2 Å². The van der Waals surface area contributed by atoms with Gasteiger partial charge in [0, 0.05) is 25.8 Å². The molecule has 0 amide bonds. The molecule has 0 bridgehead atoms. The van der Waals surface area contributed by atoms with E-state index in [0.717, 1.165) is 19.6 Å². The molecule has 1 aliphatic heterocycles. The van der Waals surface area contributed by atoms with E-state index in [0.29, 0.717) is 5.69 Å². The smallest absolute Gasteiger partial charge is 0.140 e. The molecule has 0 saturated carbocycles. The number of benzene rings is 1. The number of pyridine rings is 1. The Labute approximate surface area is 119 Å². The Kier molecular flexibility index (Phi) is 3.25. The summed E-state index contributed by atoms with van der Waals surface area (Å²) in [5.74, 6) is 0. The molecule has 1 aliphatic rings. The number of aryl methyl sites for hydroxylation is 2. The maximum atomic E-state index is 8.90. The molecule has 0 spiro atoms. The second-order valence-corrected chi connectivity index (χ2v) is 5.51. The highest BCUT2D eigenvalue weighted by molar-refractivity contribution is 5.35. The highest BCUT2D eigenvalue weighted by Crippen LogP contribution is 2.24. The van der Waals surface area contributed by atoms with Gasteiger partial charge in [0.1, 0.15) is 11.8 Å². The third kappa shape index (κ3) is 2.43. The maximum absolute atomic E-state index is 8.90. The van der Waals surface area contributed by atoms with Crippen molar-refractivity contribution in [1.82, 2.24) is 9.88 Å². The molecule has 0 atom stereocenters. The Morgan fingerprint density at radius 1 is 1.15 bits per heavy atom. The van der Waals surface area contributed by atoms with Gasteiger partial charge in [-0.1, -0.05) is 18.2 Å². The van der Waals surface area contributed by atoms with Gasteiger partial charge in [0.25, 0.3) is 0 Å². The lowest BCUT2D eigenvalue weighted by Gasteiger charge is -2.15. The van der Waals surface area contributed by atoms with Gasteiger partial charge in [-0.3, -0.25) is 4.90 Å². The molecule has 1 aromatic heterocycles. The van der Waals surface area contributed by atoms with Gasteiger partial charge in [0.2, 0.25) is 0 Å². The first-order chi connectivity index (χ1) is 9.65. The van der Waals surface area contributed by atoms with E-state index in [1.807, 2.05) is 12.3 Å². The molecular formula is C17H17N3. The van der Waals surface area contributed by atoms with Crippen LogP contribution in [0.2, 0.25) is 0 Å². The van der Waals surface area contributed by atoms with Gasteiger partial charge in [0.05, 0.1) is 0 Å². The van der Waals surface area contributed by atoms with Crippen molar-refractivity contribution in [3.05, 3.63) is 64.0 Å². The Balaban J connectivity index is 1.75. The zero-order valence-electron chi connectivity index (χ0n) is 11.8. The average Bonchev–Trinajstić information content (AvgIpc) is 2.84. The highest BCUT2D eigenvalue weighted by Gasteiger charge is 2.19. The number of fused-ring (bicyclic) bond motifs is 1. The van der Waals surface area contributed by atoms with Gasteiger partial charge in [-0.05, 0) is 47.7 Å². The van der Waals surface area contributed by atoms with E-state index in [4.69, 9.17) is 5.26 Å². The summed E-state index contributed by atoms with van der Waals surface area (Å²) in [6, 6.07) is 10.7. The summed E-state index contributed by atoms with van der Waals surface area (Å²) in [7, 11) is 0. The minimum atomic E-state index is 0.511. The molecule has 0 N–H and O–H groups in total. The van der Waals surface area contributed by atoms with Crippen molar-refractivity contribution < 1.29 is 0 Å². The molecule has 20 heavy (non-hydrogen) atoms. The molecule has 0 aliphatic carbocycles. The van der Waals surface area contributed by atoms with Crippen molar-refractivity contribution in [2.45, 2.75) is 33.5 Å². The molecule has 3 nitrogen and oxygen atoms in total. The molecule has 2 aromatic rings. The number of nitriles is 1. The van der Waals surface area contributed by atoms with E-state index < -0.39 is 0 Å². The lowest BCUT2D eigenvalue weighted by atomic mass is 10.1. The van der Waals surface area contributed by atoms with Crippen molar-refractivity contribution in [1.29, 1.82) is 5.26 Å². The minimum absolute atomic E-state index is 0.511. The lowest BCUT2D eigenvalue weighted by Crippen LogP contribution is -2.15. The van der Waals surface area contributed by atoms with Gasteiger partial charge in [-0.2, -0.15) is 5.26 Å². The van der Waals surface area contributed by atoms with E-state index >= 15 is 0 Å². The van der Waals surface area contributed by atoms with Crippen LogP contribution in [-0.2, 0) is 19.6 Å². The van der Waals surface area contributed by atoms with Gasteiger partial charge in [0.15, 0.2) is 0 Å². The SMILES string of the molecule is Cc1ccc(CN2Cc3cnc(C#N)cc3C2)cc1C. The Bertz CT molecular complexity index is 698. The van der Waals surface area contributed by atoms with Crippen LogP contribution in [-0.4, -0.2) is 9.88 Å². The first-order valence-corrected chi connectivity index (χ1v) is 6.82. The molecule has 3 heteroatoms. The third-order valence-corrected chi connectivity index (χ3v) is 3.96. The second kappa shape index (κ2) is 5.07. The summed E-state index contributed by atoms with van der Waals surface area (Å²) in [6.07, 6.45) is 1.84. The summed E-state index contributed by atoms with van der Waals surface area (Å²) < 4.78 is 0. The Hall–Kier alpha value is -2.18. The summed E-state index contributed by atoms with van der Waals surface area (Å²) >= 11 is 0. The predicted octanol–water partition coefficient (Wildman–Crippen LogP) is 3.09. The summed E-state index contributed by atoms with van der Waals surface area (Å²) in [5.41, 5.74) is 7.01. The van der Waals surface area contributed by atoms with Crippen LogP contribution in [0.15, 0.2) is 30.5 Å².